The maximum atomic E-state index is 14.5. The van der Waals surface area contributed by atoms with Crippen LogP contribution in [0.4, 0.5) is 14.6 Å². The Labute approximate surface area is 181 Å². The fourth-order valence-corrected chi connectivity index (χ4v) is 3.87. The van der Waals surface area contributed by atoms with Crippen LogP contribution >= 0.6 is 0 Å². The van der Waals surface area contributed by atoms with Gasteiger partial charge in [-0.2, -0.15) is 10.1 Å². The standard InChI is InChI=1S/C21H21F2N5O4/c1-2-3-26-9-15(7-24-26)32-20-16(22)4-13(5-17(20)23)10-31-18-6-19-27(21(29)25-18)8-14-11-30-12-28(14)19/h4-7,9,14H,2-3,8,10-12H2,1H3/t14-/m1/s1. The first-order valence-corrected chi connectivity index (χ1v) is 10.3. The van der Waals surface area contributed by atoms with Gasteiger partial charge in [0.25, 0.3) is 0 Å². The van der Waals surface area contributed by atoms with Gasteiger partial charge in [0.2, 0.25) is 5.88 Å². The average molecular weight is 445 g/mol. The molecule has 2 aromatic heterocycles. The molecule has 11 heteroatoms. The predicted molar refractivity (Wildman–Crippen MR) is 109 cm³/mol. The van der Waals surface area contributed by atoms with Crippen molar-refractivity contribution in [2.24, 2.45) is 0 Å². The molecule has 168 valence electrons. The van der Waals surface area contributed by atoms with Crippen LogP contribution in [0.1, 0.15) is 18.9 Å². The highest BCUT2D eigenvalue weighted by Crippen LogP contribution is 2.31. The number of rotatable bonds is 7. The molecule has 0 amide bonds. The summed E-state index contributed by atoms with van der Waals surface area (Å²) in [5.41, 5.74) is -0.199. The molecule has 1 fully saturated rings. The van der Waals surface area contributed by atoms with Crippen molar-refractivity contribution in [2.75, 3.05) is 18.2 Å². The lowest BCUT2D eigenvalue weighted by Gasteiger charge is -2.15. The van der Waals surface area contributed by atoms with Crippen LogP contribution in [0.5, 0.6) is 17.4 Å². The summed E-state index contributed by atoms with van der Waals surface area (Å²) >= 11 is 0. The van der Waals surface area contributed by atoms with E-state index in [1.165, 1.54) is 6.20 Å². The van der Waals surface area contributed by atoms with Crippen molar-refractivity contribution in [3.8, 4) is 17.4 Å². The molecule has 0 aliphatic carbocycles. The third-order valence-corrected chi connectivity index (χ3v) is 5.36. The quantitative estimate of drug-likeness (QED) is 0.553. The Bertz CT molecular complexity index is 1190. The molecule has 0 radical (unpaired) electrons. The molecule has 9 nitrogen and oxygen atoms in total. The lowest BCUT2D eigenvalue weighted by atomic mass is 10.2. The molecule has 2 aliphatic heterocycles. The van der Waals surface area contributed by atoms with E-state index in [1.54, 1.807) is 21.5 Å². The summed E-state index contributed by atoms with van der Waals surface area (Å²) in [7, 11) is 0. The molecular weight excluding hydrogens is 424 g/mol. The molecule has 2 aliphatic rings. The van der Waals surface area contributed by atoms with Crippen molar-refractivity contribution in [3.05, 3.63) is 58.3 Å². The van der Waals surface area contributed by atoms with Crippen LogP contribution < -0.4 is 20.1 Å². The summed E-state index contributed by atoms with van der Waals surface area (Å²) in [6.07, 6.45) is 3.85. The Morgan fingerprint density at radius 2 is 2.06 bits per heavy atom. The summed E-state index contributed by atoms with van der Waals surface area (Å²) in [5, 5.41) is 4.08. The molecule has 1 aromatic carbocycles. The Hall–Kier alpha value is -3.47. The number of hydrogen-bond donors (Lipinski definition) is 0. The van der Waals surface area contributed by atoms with Gasteiger partial charge < -0.3 is 19.1 Å². The molecule has 32 heavy (non-hydrogen) atoms. The lowest BCUT2D eigenvalue weighted by Crippen LogP contribution is -2.26. The van der Waals surface area contributed by atoms with E-state index in [9.17, 15) is 13.6 Å². The first kappa shape index (κ1) is 20.4. The Morgan fingerprint density at radius 1 is 1.25 bits per heavy atom. The molecule has 1 atom stereocenters. The number of ether oxygens (including phenoxy) is 3. The summed E-state index contributed by atoms with van der Waals surface area (Å²) in [5.74, 6) is -1.27. The van der Waals surface area contributed by atoms with Crippen LogP contribution in [-0.4, -0.2) is 38.7 Å². The Morgan fingerprint density at radius 3 is 2.84 bits per heavy atom. The van der Waals surface area contributed by atoms with E-state index >= 15 is 0 Å². The molecule has 0 N–H and O–H groups in total. The van der Waals surface area contributed by atoms with E-state index in [-0.39, 0.29) is 29.8 Å². The molecule has 3 aromatic rings. The van der Waals surface area contributed by atoms with Crippen LogP contribution in [0, 0.1) is 11.6 Å². The smallest absolute Gasteiger partial charge is 0.352 e. The highest BCUT2D eigenvalue weighted by Gasteiger charge is 2.35. The van der Waals surface area contributed by atoms with E-state index in [1.807, 2.05) is 11.8 Å². The summed E-state index contributed by atoms with van der Waals surface area (Å²) in [4.78, 5) is 18.2. The van der Waals surface area contributed by atoms with Gasteiger partial charge in [-0.3, -0.25) is 9.25 Å². The van der Waals surface area contributed by atoms with E-state index in [2.05, 4.69) is 10.1 Å². The molecule has 0 spiro atoms. The fraction of sp³-hybridized carbons (Fsp3) is 0.381. The van der Waals surface area contributed by atoms with Crippen LogP contribution in [0.25, 0.3) is 0 Å². The third-order valence-electron chi connectivity index (χ3n) is 5.36. The largest absolute Gasteiger partial charge is 0.473 e. The second kappa shape index (κ2) is 8.23. The van der Waals surface area contributed by atoms with E-state index in [0.29, 0.717) is 32.2 Å². The minimum absolute atomic E-state index is 0.0817. The third kappa shape index (κ3) is 3.79. The highest BCUT2D eigenvalue weighted by atomic mass is 19.1. The normalized spacial score (nSPS) is 16.8. The van der Waals surface area contributed by atoms with Gasteiger partial charge in [0.15, 0.2) is 23.1 Å². The van der Waals surface area contributed by atoms with Crippen molar-refractivity contribution in [1.82, 2.24) is 19.3 Å². The molecule has 4 heterocycles. The fourth-order valence-electron chi connectivity index (χ4n) is 3.87. The van der Waals surface area contributed by atoms with Gasteiger partial charge >= 0.3 is 5.69 Å². The van der Waals surface area contributed by atoms with E-state index < -0.39 is 23.1 Å². The first-order chi connectivity index (χ1) is 15.5. The van der Waals surface area contributed by atoms with E-state index in [4.69, 9.17) is 14.2 Å². The number of aromatic nitrogens is 4. The number of halogens is 2. The summed E-state index contributed by atoms with van der Waals surface area (Å²) in [6, 6.07) is 3.98. The van der Waals surface area contributed by atoms with Gasteiger partial charge in [-0.1, -0.05) is 6.92 Å². The van der Waals surface area contributed by atoms with Gasteiger partial charge in [-0.15, -0.1) is 0 Å². The Kier molecular flexibility index (Phi) is 5.25. The van der Waals surface area contributed by atoms with Gasteiger partial charge in [-0.05, 0) is 24.1 Å². The average Bonchev–Trinajstić information content (AvgIpc) is 3.47. The topological polar surface area (TPSA) is 83.6 Å². The molecule has 0 bridgehead atoms. The van der Waals surface area contributed by atoms with Gasteiger partial charge in [0.1, 0.15) is 19.2 Å². The Balaban J connectivity index is 1.30. The molecule has 0 unspecified atom stereocenters. The number of benzene rings is 1. The SMILES string of the molecule is CCCn1cc(Oc2c(F)cc(COc3cc4n(c(=O)n3)C[C@@H]3COCN43)cc2F)cn1. The van der Waals surface area contributed by atoms with Crippen molar-refractivity contribution < 1.29 is 23.0 Å². The van der Waals surface area contributed by atoms with Crippen LogP contribution in [0.2, 0.25) is 0 Å². The van der Waals surface area contributed by atoms with Crippen molar-refractivity contribution in [1.29, 1.82) is 0 Å². The van der Waals surface area contributed by atoms with Crippen LogP contribution in [-0.2, 0) is 24.4 Å². The monoisotopic (exact) mass is 445 g/mol. The zero-order valence-electron chi connectivity index (χ0n) is 17.3. The minimum Gasteiger partial charge on any atom is -0.473 e. The van der Waals surface area contributed by atoms with Crippen LogP contribution in [0.3, 0.4) is 0 Å². The number of anilines is 1. The van der Waals surface area contributed by atoms with Crippen LogP contribution in [0.15, 0.2) is 35.4 Å². The lowest BCUT2D eigenvalue weighted by molar-refractivity contribution is 0.189. The molecular formula is C21H21F2N5O4. The highest BCUT2D eigenvalue weighted by molar-refractivity contribution is 5.47. The van der Waals surface area contributed by atoms with Gasteiger partial charge in [0, 0.05) is 12.6 Å². The van der Waals surface area contributed by atoms with Crippen molar-refractivity contribution in [3.63, 3.8) is 0 Å². The second-order valence-electron chi connectivity index (χ2n) is 7.69. The maximum Gasteiger partial charge on any atom is 0.352 e. The zero-order valence-corrected chi connectivity index (χ0v) is 17.3. The predicted octanol–water partition coefficient (Wildman–Crippen LogP) is 2.68. The van der Waals surface area contributed by atoms with Crippen molar-refractivity contribution >= 4 is 5.82 Å². The van der Waals surface area contributed by atoms with Gasteiger partial charge in [0.05, 0.1) is 31.6 Å². The molecule has 0 saturated carbocycles. The summed E-state index contributed by atoms with van der Waals surface area (Å²) < 4.78 is 48.6. The second-order valence-corrected chi connectivity index (χ2v) is 7.69. The van der Waals surface area contributed by atoms with E-state index in [0.717, 1.165) is 18.6 Å². The maximum absolute atomic E-state index is 14.5. The number of nitrogens with zero attached hydrogens (tertiary/aromatic N) is 5. The molecule has 1 saturated heterocycles. The number of hydrogen-bond acceptors (Lipinski definition) is 7. The first-order valence-electron chi connectivity index (χ1n) is 10.3. The molecule has 5 rings (SSSR count). The minimum atomic E-state index is -0.870. The zero-order chi connectivity index (χ0) is 22.2. The number of aryl methyl sites for hydroxylation is 1. The van der Waals surface area contributed by atoms with Crippen molar-refractivity contribution in [2.45, 2.75) is 39.1 Å². The number of fused-ring (bicyclic) bond motifs is 3. The summed E-state index contributed by atoms with van der Waals surface area (Å²) in [6.45, 7) is 3.95. The van der Waals surface area contributed by atoms with Gasteiger partial charge in [-0.25, -0.2) is 13.6 Å².